The summed E-state index contributed by atoms with van der Waals surface area (Å²) in [4.78, 5) is 0. The zero-order valence-electron chi connectivity index (χ0n) is 30.2. The van der Waals surface area contributed by atoms with Crippen molar-refractivity contribution in [1.82, 2.24) is 0 Å². The van der Waals surface area contributed by atoms with Gasteiger partial charge in [0, 0.05) is 21.8 Å². The average molecular weight is 673 g/mol. The first kappa shape index (κ1) is 30.5. The van der Waals surface area contributed by atoms with Gasteiger partial charge in [-0.2, -0.15) is 0 Å². The van der Waals surface area contributed by atoms with E-state index in [0.717, 1.165) is 25.0 Å². The Morgan fingerprint density at radius 1 is 0.538 bits per heavy atom. The molecule has 6 aromatic rings. The van der Waals surface area contributed by atoms with Gasteiger partial charge in [-0.05, 0) is 124 Å². The van der Waals surface area contributed by atoms with E-state index in [9.17, 15) is 0 Å². The normalized spacial score (nSPS) is 27.3. The molecule has 5 aliphatic carbocycles. The van der Waals surface area contributed by atoms with E-state index in [0.29, 0.717) is 11.8 Å². The Labute approximate surface area is 308 Å². The second kappa shape index (κ2) is 10.9. The van der Waals surface area contributed by atoms with Crippen LogP contribution in [0.15, 0.2) is 146 Å². The number of aryl methyl sites for hydroxylation is 1. The maximum absolute atomic E-state index is 6.32. The molecule has 1 nitrogen and oxygen atoms in total. The Morgan fingerprint density at radius 2 is 1.13 bits per heavy atom. The van der Waals surface area contributed by atoms with Crippen molar-refractivity contribution in [3.8, 4) is 39.1 Å². The maximum atomic E-state index is 6.32. The van der Waals surface area contributed by atoms with Gasteiger partial charge in [0.1, 0.15) is 5.75 Å². The van der Waals surface area contributed by atoms with Crippen LogP contribution in [-0.4, -0.2) is 7.11 Å². The van der Waals surface area contributed by atoms with Gasteiger partial charge < -0.3 is 4.74 Å². The summed E-state index contributed by atoms with van der Waals surface area (Å²) in [5, 5.41) is 0. The van der Waals surface area contributed by atoms with Gasteiger partial charge in [-0.1, -0.05) is 146 Å². The quantitative estimate of drug-likeness (QED) is 0.182. The van der Waals surface area contributed by atoms with E-state index in [-0.39, 0.29) is 16.2 Å². The van der Waals surface area contributed by atoms with Crippen LogP contribution in [0.5, 0.6) is 5.75 Å². The largest absolute Gasteiger partial charge is 0.496 e. The fourth-order valence-corrected chi connectivity index (χ4v) is 13.0. The molecule has 254 valence electrons. The summed E-state index contributed by atoms with van der Waals surface area (Å²) in [6, 6.07) is 53.9. The molecule has 0 saturated heterocycles. The Hall–Kier alpha value is -5.14. The number of allylic oxidation sites excluding steroid dienone is 2. The predicted molar refractivity (Wildman–Crippen MR) is 214 cm³/mol. The van der Waals surface area contributed by atoms with Gasteiger partial charge in [-0.3, -0.25) is 0 Å². The van der Waals surface area contributed by atoms with Crippen molar-refractivity contribution in [2.45, 2.75) is 67.6 Å². The Bertz CT molecular complexity index is 2470. The summed E-state index contributed by atoms with van der Waals surface area (Å²) in [6.07, 6.45) is 9.71. The zero-order valence-corrected chi connectivity index (χ0v) is 30.2. The number of hydrogen-bond acceptors (Lipinski definition) is 1. The second-order valence-corrected chi connectivity index (χ2v) is 16.5. The molecule has 0 aliphatic heterocycles. The molecule has 2 spiro atoms. The van der Waals surface area contributed by atoms with Crippen LogP contribution in [0.1, 0.15) is 77.8 Å². The Balaban J connectivity index is 1.32. The zero-order chi connectivity index (χ0) is 34.7. The third-order valence-corrected chi connectivity index (χ3v) is 14.3. The third-order valence-electron chi connectivity index (χ3n) is 14.3. The van der Waals surface area contributed by atoms with Crippen molar-refractivity contribution in [3.05, 3.63) is 179 Å². The first-order chi connectivity index (χ1) is 25.6. The molecule has 4 bridgehead atoms. The second-order valence-electron chi connectivity index (χ2n) is 16.5. The molecule has 52 heavy (non-hydrogen) atoms. The minimum Gasteiger partial charge on any atom is -0.496 e. The molecule has 2 fully saturated rings. The molecule has 0 heterocycles. The molecule has 0 aromatic heterocycles. The van der Waals surface area contributed by atoms with Crippen LogP contribution in [0.3, 0.4) is 0 Å². The van der Waals surface area contributed by atoms with Gasteiger partial charge in [0.25, 0.3) is 0 Å². The van der Waals surface area contributed by atoms with Crippen LogP contribution >= 0.6 is 0 Å². The molecule has 5 aliphatic rings. The SMILES string of the molecule is COc1cccc2c1-c1ccccc1C1=CC23CCCC2(c4ccccc4-c4ccccc4C)CC4CC(C1)(c1ccccc1-c1ccccc14)C32. The van der Waals surface area contributed by atoms with Gasteiger partial charge in [-0.25, -0.2) is 0 Å². The molecule has 11 rings (SSSR count). The fourth-order valence-electron chi connectivity index (χ4n) is 13.0. The van der Waals surface area contributed by atoms with E-state index < -0.39 is 0 Å². The number of rotatable bonds is 3. The van der Waals surface area contributed by atoms with Crippen LogP contribution < -0.4 is 4.74 Å². The van der Waals surface area contributed by atoms with Gasteiger partial charge in [0.2, 0.25) is 0 Å². The summed E-state index contributed by atoms with van der Waals surface area (Å²) < 4.78 is 6.32. The minimum atomic E-state index is -0.178. The highest BCUT2D eigenvalue weighted by atomic mass is 16.5. The average Bonchev–Trinajstić information content (AvgIpc) is 3.34. The molecular formula is C51H44O. The maximum Gasteiger partial charge on any atom is 0.127 e. The van der Waals surface area contributed by atoms with Crippen LogP contribution in [0.2, 0.25) is 0 Å². The first-order valence-corrected chi connectivity index (χ1v) is 19.4. The molecule has 5 unspecified atom stereocenters. The number of ether oxygens (including phenoxy) is 1. The summed E-state index contributed by atoms with van der Waals surface area (Å²) >= 11 is 0. The van der Waals surface area contributed by atoms with Crippen LogP contribution in [0, 0.1) is 12.8 Å². The van der Waals surface area contributed by atoms with Crippen LogP contribution in [-0.2, 0) is 16.2 Å². The smallest absolute Gasteiger partial charge is 0.127 e. The highest BCUT2D eigenvalue weighted by molar-refractivity contribution is 5.92. The van der Waals surface area contributed by atoms with E-state index in [4.69, 9.17) is 4.74 Å². The predicted octanol–water partition coefficient (Wildman–Crippen LogP) is 12.6. The van der Waals surface area contributed by atoms with E-state index in [1.807, 2.05) is 7.11 Å². The number of fused-ring (bicyclic) bond motifs is 9. The van der Waals surface area contributed by atoms with Gasteiger partial charge in [0.05, 0.1) is 7.11 Å². The van der Waals surface area contributed by atoms with Gasteiger partial charge in [-0.15, -0.1) is 0 Å². The molecule has 0 radical (unpaired) electrons. The molecule has 0 N–H and O–H groups in total. The van der Waals surface area contributed by atoms with Gasteiger partial charge >= 0.3 is 0 Å². The van der Waals surface area contributed by atoms with E-state index in [1.165, 1.54) is 74.9 Å². The van der Waals surface area contributed by atoms with Crippen LogP contribution in [0.25, 0.3) is 39.0 Å². The number of hydrogen-bond donors (Lipinski definition) is 0. The molecule has 2 saturated carbocycles. The standard InChI is InChI=1S/C51H44O/c1-33-15-3-4-16-36(33)40-20-9-11-23-43(40)49-27-14-28-50-30-35(38-18-6-8-22-42(38)47-45(50)25-13-26-46(47)52-2)32-51(48(49)50)31-34(29-49)37-17-5-7-19-39(37)41-21-10-12-24-44(41)51/h3-13,15-26,30,34,48H,14,27-29,31-32H2,1-2H3. The molecule has 5 atom stereocenters. The monoisotopic (exact) mass is 672 g/mol. The Kier molecular flexibility index (Phi) is 6.41. The lowest BCUT2D eigenvalue weighted by Gasteiger charge is -2.68. The topological polar surface area (TPSA) is 9.23 Å². The summed E-state index contributed by atoms with van der Waals surface area (Å²) in [5.41, 5.74) is 18.4. The highest BCUT2D eigenvalue weighted by Gasteiger charge is 2.69. The third kappa shape index (κ3) is 3.84. The Morgan fingerprint density at radius 3 is 1.90 bits per heavy atom. The molecular weight excluding hydrogens is 629 g/mol. The van der Waals surface area contributed by atoms with Crippen molar-refractivity contribution in [2.24, 2.45) is 5.92 Å². The highest BCUT2D eigenvalue weighted by Crippen LogP contribution is 2.75. The van der Waals surface area contributed by atoms with Crippen molar-refractivity contribution in [1.29, 1.82) is 0 Å². The van der Waals surface area contributed by atoms with Gasteiger partial charge in [0.15, 0.2) is 0 Å². The number of benzene rings is 6. The van der Waals surface area contributed by atoms with Crippen LogP contribution in [0.4, 0.5) is 0 Å². The molecule has 1 heteroatoms. The van der Waals surface area contributed by atoms with Crippen molar-refractivity contribution >= 4 is 5.57 Å². The number of methoxy groups -OCH3 is 1. The van der Waals surface area contributed by atoms with Crippen molar-refractivity contribution < 1.29 is 4.74 Å². The van der Waals surface area contributed by atoms with E-state index in [1.54, 1.807) is 16.7 Å². The minimum absolute atomic E-state index is 0.0660. The van der Waals surface area contributed by atoms with E-state index in [2.05, 4.69) is 153 Å². The van der Waals surface area contributed by atoms with E-state index >= 15 is 0 Å². The summed E-state index contributed by atoms with van der Waals surface area (Å²) in [7, 11) is 1.86. The molecule has 6 aromatic carbocycles. The van der Waals surface area contributed by atoms with Crippen molar-refractivity contribution in [2.75, 3.05) is 7.11 Å². The molecule has 0 amide bonds. The fraction of sp³-hybridized carbons (Fsp3) is 0.255. The first-order valence-electron chi connectivity index (χ1n) is 19.4. The van der Waals surface area contributed by atoms with Crippen molar-refractivity contribution in [3.63, 3.8) is 0 Å². The summed E-state index contributed by atoms with van der Waals surface area (Å²) in [5.74, 6) is 1.79. The lowest BCUT2D eigenvalue weighted by Crippen LogP contribution is -2.64. The lowest BCUT2D eigenvalue weighted by molar-refractivity contribution is -0.0205. The lowest BCUT2D eigenvalue weighted by atomic mass is 9.35. The summed E-state index contributed by atoms with van der Waals surface area (Å²) in [6.45, 7) is 2.29.